The van der Waals surface area contributed by atoms with Crippen molar-refractivity contribution in [3.8, 4) is 5.75 Å². The molecule has 1 aromatic heterocycles. The second-order valence-electron chi connectivity index (χ2n) is 4.16. The summed E-state index contributed by atoms with van der Waals surface area (Å²) in [4.78, 5) is 4.18. The predicted octanol–water partition coefficient (Wildman–Crippen LogP) is 2.38. The summed E-state index contributed by atoms with van der Waals surface area (Å²) in [5.41, 5.74) is 6.53. The Balaban J connectivity index is 2.04. The van der Waals surface area contributed by atoms with E-state index in [1.807, 2.05) is 22.9 Å². The summed E-state index contributed by atoms with van der Waals surface area (Å²) >= 11 is 6.13. The first-order chi connectivity index (χ1) is 9.24. The zero-order valence-electron chi connectivity index (χ0n) is 10.8. The lowest BCUT2D eigenvalue weighted by atomic mass is 10.2. The molecule has 19 heavy (non-hydrogen) atoms. The smallest absolute Gasteiger partial charge is 0.164 e. The Bertz CT molecular complexity index is 541. The van der Waals surface area contributed by atoms with E-state index in [2.05, 4.69) is 17.0 Å². The molecular formula is C13H17ClN4O. The number of rotatable bonds is 6. The Morgan fingerprint density at radius 2 is 2.26 bits per heavy atom. The number of halogens is 1. The molecule has 0 fully saturated rings. The van der Waals surface area contributed by atoms with E-state index < -0.39 is 0 Å². The van der Waals surface area contributed by atoms with Crippen molar-refractivity contribution in [2.24, 2.45) is 5.73 Å². The van der Waals surface area contributed by atoms with E-state index in [0.29, 0.717) is 23.9 Å². The van der Waals surface area contributed by atoms with Gasteiger partial charge in [-0.15, -0.1) is 0 Å². The third kappa shape index (κ3) is 3.45. The van der Waals surface area contributed by atoms with Gasteiger partial charge >= 0.3 is 0 Å². The fourth-order valence-corrected chi connectivity index (χ4v) is 1.99. The van der Waals surface area contributed by atoms with Gasteiger partial charge in [0.2, 0.25) is 0 Å². The minimum atomic E-state index is 0.349. The molecule has 1 heterocycles. The number of ether oxygens (including phenoxy) is 1. The molecule has 0 saturated carbocycles. The quantitative estimate of drug-likeness (QED) is 0.882. The lowest BCUT2D eigenvalue weighted by Gasteiger charge is -2.09. The van der Waals surface area contributed by atoms with E-state index in [0.717, 1.165) is 24.4 Å². The van der Waals surface area contributed by atoms with Crippen LogP contribution in [0.25, 0.3) is 0 Å². The normalized spacial score (nSPS) is 10.7. The first kappa shape index (κ1) is 13.8. The van der Waals surface area contributed by atoms with Crippen LogP contribution in [-0.2, 0) is 19.7 Å². The highest BCUT2D eigenvalue weighted by atomic mass is 35.5. The maximum absolute atomic E-state index is 6.13. The first-order valence-corrected chi connectivity index (χ1v) is 6.60. The van der Waals surface area contributed by atoms with Gasteiger partial charge in [0.15, 0.2) is 5.82 Å². The summed E-state index contributed by atoms with van der Waals surface area (Å²) in [5, 5.41) is 4.70. The monoisotopic (exact) mass is 280 g/mol. The van der Waals surface area contributed by atoms with Crippen molar-refractivity contribution in [2.75, 3.05) is 0 Å². The summed E-state index contributed by atoms with van der Waals surface area (Å²) in [5.74, 6) is 1.42. The van der Waals surface area contributed by atoms with Crippen LogP contribution in [0.2, 0.25) is 5.02 Å². The van der Waals surface area contributed by atoms with Gasteiger partial charge in [-0.05, 0) is 24.1 Å². The summed E-state index contributed by atoms with van der Waals surface area (Å²) < 4.78 is 7.51. The molecule has 0 spiro atoms. The van der Waals surface area contributed by atoms with E-state index in [1.165, 1.54) is 6.33 Å². The molecule has 102 valence electrons. The molecule has 0 radical (unpaired) electrons. The van der Waals surface area contributed by atoms with Crippen molar-refractivity contribution in [1.29, 1.82) is 0 Å². The van der Waals surface area contributed by atoms with Gasteiger partial charge in [0.1, 0.15) is 18.7 Å². The fourth-order valence-electron chi connectivity index (χ4n) is 1.73. The van der Waals surface area contributed by atoms with Crippen LogP contribution in [0.4, 0.5) is 0 Å². The Hall–Kier alpha value is -1.59. The average molecular weight is 281 g/mol. The van der Waals surface area contributed by atoms with Crippen LogP contribution in [0.1, 0.15) is 24.7 Å². The van der Waals surface area contributed by atoms with Gasteiger partial charge in [0.25, 0.3) is 0 Å². The molecule has 2 aromatic rings. The zero-order chi connectivity index (χ0) is 13.7. The van der Waals surface area contributed by atoms with E-state index in [-0.39, 0.29) is 0 Å². The summed E-state index contributed by atoms with van der Waals surface area (Å²) in [6.45, 7) is 3.74. The fraction of sp³-hybridized carbons (Fsp3) is 0.385. The van der Waals surface area contributed by atoms with Gasteiger partial charge in [-0.25, -0.2) is 9.67 Å². The van der Waals surface area contributed by atoms with Gasteiger partial charge in [0.05, 0.1) is 5.02 Å². The molecule has 5 nitrogen and oxygen atoms in total. The number of aromatic nitrogens is 3. The lowest BCUT2D eigenvalue weighted by Crippen LogP contribution is -2.08. The number of hydrogen-bond acceptors (Lipinski definition) is 4. The molecule has 1 aromatic carbocycles. The Kier molecular flexibility index (Phi) is 4.76. The van der Waals surface area contributed by atoms with Crippen LogP contribution in [0, 0.1) is 0 Å². The van der Waals surface area contributed by atoms with Gasteiger partial charge in [0, 0.05) is 13.1 Å². The standard InChI is InChI=1S/C13H17ClN4O/c1-2-5-18-13(16-9-17-18)8-19-12-4-3-10(7-15)6-11(12)14/h3-4,6,9H,2,5,7-8,15H2,1H3. The third-order valence-electron chi connectivity index (χ3n) is 2.72. The van der Waals surface area contributed by atoms with Crippen LogP contribution >= 0.6 is 11.6 Å². The summed E-state index contributed by atoms with van der Waals surface area (Å²) in [6, 6.07) is 5.54. The number of nitrogens with zero attached hydrogens (tertiary/aromatic N) is 3. The van der Waals surface area contributed by atoms with Crippen LogP contribution in [0.3, 0.4) is 0 Å². The van der Waals surface area contributed by atoms with Crippen molar-refractivity contribution >= 4 is 11.6 Å². The largest absolute Gasteiger partial charge is 0.484 e. The number of hydrogen-bond donors (Lipinski definition) is 1. The van der Waals surface area contributed by atoms with Crippen molar-refractivity contribution in [3.05, 3.63) is 40.9 Å². The van der Waals surface area contributed by atoms with Gasteiger partial charge in [-0.1, -0.05) is 24.6 Å². The second-order valence-corrected chi connectivity index (χ2v) is 4.56. The van der Waals surface area contributed by atoms with Crippen molar-refractivity contribution in [3.63, 3.8) is 0 Å². The summed E-state index contributed by atoms with van der Waals surface area (Å²) in [7, 11) is 0. The third-order valence-corrected chi connectivity index (χ3v) is 3.02. The summed E-state index contributed by atoms with van der Waals surface area (Å²) in [6.07, 6.45) is 2.54. The number of benzene rings is 1. The minimum Gasteiger partial charge on any atom is -0.484 e. The molecule has 2 rings (SSSR count). The molecule has 0 aliphatic heterocycles. The van der Waals surface area contributed by atoms with Crippen LogP contribution in [0.5, 0.6) is 5.75 Å². The topological polar surface area (TPSA) is 66.0 Å². The molecule has 6 heteroatoms. The van der Waals surface area contributed by atoms with Crippen molar-refractivity contribution < 1.29 is 4.74 Å². The number of aryl methyl sites for hydroxylation is 1. The van der Waals surface area contributed by atoms with E-state index >= 15 is 0 Å². The van der Waals surface area contributed by atoms with Crippen molar-refractivity contribution in [2.45, 2.75) is 33.0 Å². The molecule has 0 bridgehead atoms. The Morgan fingerprint density at radius 3 is 2.95 bits per heavy atom. The van der Waals surface area contributed by atoms with E-state index in [1.54, 1.807) is 0 Å². The van der Waals surface area contributed by atoms with E-state index in [9.17, 15) is 0 Å². The minimum absolute atomic E-state index is 0.349. The molecule has 0 aliphatic carbocycles. The maximum Gasteiger partial charge on any atom is 0.164 e. The zero-order valence-corrected chi connectivity index (χ0v) is 11.6. The van der Waals surface area contributed by atoms with Gasteiger partial charge in [-0.3, -0.25) is 0 Å². The van der Waals surface area contributed by atoms with Crippen molar-refractivity contribution in [1.82, 2.24) is 14.8 Å². The molecule has 0 aliphatic rings. The molecule has 0 unspecified atom stereocenters. The molecule has 0 amide bonds. The van der Waals surface area contributed by atoms with Gasteiger partial charge in [-0.2, -0.15) is 5.10 Å². The molecular weight excluding hydrogens is 264 g/mol. The Labute approximate surface area is 117 Å². The highest BCUT2D eigenvalue weighted by Crippen LogP contribution is 2.25. The maximum atomic E-state index is 6.13. The highest BCUT2D eigenvalue weighted by Gasteiger charge is 2.07. The Morgan fingerprint density at radius 1 is 1.42 bits per heavy atom. The number of nitrogens with two attached hydrogens (primary N) is 1. The molecule has 2 N–H and O–H groups in total. The lowest BCUT2D eigenvalue weighted by molar-refractivity contribution is 0.286. The van der Waals surface area contributed by atoms with Crippen LogP contribution in [-0.4, -0.2) is 14.8 Å². The SMILES string of the molecule is CCCn1ncnc1COc1ccc(CN)cc1Cl. The molecule has 0 saturated heterocycles. The average Bonchev–Trinajstić information content (AvgIpc) is 2.85. The second kappa shape index (κ2) is 6.54. The highest BCUT2D eigenvalue weighted by molar-refractivity contribution is 6.32. The van der Waals surface area contributed by atoms with Gasteiger partial charge < -0.3 is 10.5 Å². The van der Waals surface area contributed by atoms with E-state index in [4.69, 9.17) is 22.1 Å². The molecule has 0 atom stereocenters. The first-order valence-electron chi connectivity index (χ1n) is 6.22. The van der Waals surface area contributed by atoms with Crippen LogP contribution < -0.4 is 10.5 Å². The van der Waals surface area contributed by atoms with Crippen LogP contribution in [0.15, 0.2) is 24.5 Å². The predicted molar refractivity (Wildman–Crippen MR) is 74.0 cm³/mol.